The van der Waals surface area contributed by atoms with Crippen LogP contribution >= 0.6 is 0 Å². The van der Waals surface area contributed by atoms with E-state index in [2.05, 4.69) is 4.98 Å². The standard InChI is InChI=1S/C23H36N4O9/c28-11-4-18(21(31)32)25-7-9-26(19(5-12-29)22(33)34)14-16-2-1-3-17(24-16)15-27(10-8-25)20(6-13-30)23(35)36/h1-3,18-20,28-30H,4-15H2,(H,31,32)(H,33,34)(H,35,36). The molecule has 0 aliphatic carbocycles. The lowest BCUT2D eigenvalue weighted by molar-refractivity contribution is -0.147. The van der Waals surface area contributed by atoms with E-state index in [1.165, 1.54) is 0 Å². The molecule has 2 heterocycles. The van der Waals surface area contributed by atoms with Crippen LogP contribution in [0.2, 0.25) is 0 Å². The number of hydrogen-bond donors (Lipinski definition) is 6. The number of aliphatic hydroxyl groups is 3. The molecular weight excluding hydrogens is 476 g/mol. The highest BCUT2D eigenvalue weighted by Gasteiger charge is 2.32. The average molecular weight is 513 g/mol. The van der Waals surface area contributed by atoms with Crippen LogP contribution in [0.5, 0.6) is 0 Å². The summed E-state index contributed by atoms with van der Waals surface area (Å²) in [6.07, 6.45) is -0.111. The molecule has 1 aromatic rings. The van der Waals surface area contributed by atoms with Gasteiger partial charge in [-0.3, -0.25) is 34.1 Å². The zero-order valence-electron chi connectivity index (χ0n) is 20.1. The summed E-state index contributed by atoms with van der Waals surface area (Å²) < 4.78 is 0. The highest BCUT2D eigenvalue weighted by Crippen LogP contribution is 2.17. The second kappa shape index (κ2) is 14.8. The third-order valence-corrected chi connectivity index (χ3v) is 6.33. The van der Waals surface area contributed by atoms with Gasteiger partial charge in [-0.25, -0.2) is 0 Å². The summed E-state index contributed by atoms with van der Waals surface area (Å²) in [6.45, 7) is -0.305. The smallest absolute Gasteiger partial charge is 0.321 e. The summed E-state index contributed by atoms with van der Waals surface area (Å²) in [6, 6.07) is 2.07. The quantitative estimate of drug-likeness (QED) is 0.190. The largest absolute Gasteiger partial charge is 0.480 e. The molecule has 0 amide bonds. The molecule has 0 spiro atoms. The van der Waals surface area contributed by atoms with Gasteiger partial charge in [-0.1, -0.05) is 6.07 Å². The normalized spacial score (nSPS) is 19.0. The third-order valence-electron chi connectivity index (χ3n) is 6.33. The predicted octanol–water partition coefficient (Wildman–Crippen LogP) is -1.49. The van der Waals surface area contributed by atoms with E-state index in [1.54, 1.807) is 32.9 Å². The van der Waals surface area contributed by atoms with Crippen molar-refractivity contribution in [1.82, 2.24) is 19.7 Å². The van der Waals surface area contributed by atoms with Crippen LogP contribution in [0, 0.1) is 0 Å². The zero-order valence-corrected chi connectivity index (χ0v) is 20.1. The SMILES string of the molecule is O=C(O)C(CCO)N1CCN(C(CCO)C(=O)O)Cc2cccc(n2)CN(C(CCO)C(=O)O)CC1. The first-order valence-electron chi connectivity index (χ1n) is 11.9. The molecule has 3 atom stereocenters. The first-order valence-corrected chi connectivity index (χ1v) is 11.9. The Morgan fingerprint density at radius 1 is 0.667 bits per heavy atom. The molecule has 0 saturated heterocycles. The summed E-state index contributed by atoms with van der Waals surface area (Å²) in [4.78, 5) is 45.4. The van der Waals surface area contributed by atoms with E-state index >= 15 is 0 Å². The minimum Gasteiger partial charge on any atom is -0.480 e. The molecule has 2 bridgehead atoms. The van der Waals surface area contributed by atoms with Crippen LogP contribution in [0.1, 0.15) is 30.7 Å². The van der Waals surface area contributed by atoms with Crippen molar-refractivity contribution in [3.05, 3.63) is 29.6 Å². The number of rotatable bonds is 12. The second-order valence-electron chi connectivity index (χ2n) is 8.70. The molecule has 0 aromatic carbocycles. The fourth-order valence-electron chi connectivity index (χ4n) is 4.50. The molecule has 1 aliphatic heterocycles. The number of hydrogen-bond acceptors (Lipinski definition) is 10. The molecule has 13 heteroatoms. The lowest BCUT2D eigenvalue weighted by Crippen LogP contribution is -2.52. The van der Waals surface area contributed by atoms with E-state index in [-0.39, 0.29) is 78.4 Å². The molecule has 2 rings (SSSR count). The van der Waals surface area contributed by atoms with E-state index in [9.17, 15) is 45.0 Å². The van der Waals surface area contributed by atoms with Crippen molar-refractivity contribution < 1.29 is 45.0 Å². The zero-order chi connectivity index (χ0) is 26.7. The van der Waals surface area contributed by atoms with Gasteiger partial charge in [-0.05, 0) is 31.4 Å². The van der Waals surface area contributed by atoms with Crippen LogP contribution in [0.3, 0.4) is 0 Å². The van der Waals surface area contributed by atoms with Crippen molar-refractivity contribution >= 4 is 17.9 Å². The molecule has 1 aromatic heterocycles. The summed E-state index contributed by atoms with van der Waals surface area (Å²) in [5.41, 5.74) is 1.09. The number of carboxylic acid groups (broad SMARTS) is 3. The van der Waals surface area contributed by atoms with Gasteiger partial charge >= 0.3 is 17.9 Å². The van der Waals surface area contributed by atoms with Gasteiger partial charge in [-0.2, -0.15) is 0 Å². The van der Waals surface area contributed by atoms with E-state index < -0.39 is 36.0 Å². The first-order chi connectivity index (χ1) is 17.2. The molecule has 13 nitrogen and oxygen atoms in total. The Morgan fingerprint density at radius 3 is 1.33 bits per heavy atom. The Bertz CT molecular complexity index is 818. The van der Waals surface area contributed by atoms with E-state index in [0.717, 1.165) is 0 Å². The number of carbonyl (C=O) groups is 3. The molecule has 6 N–H and O–H groups in total. The molecule has 202 valence electrons. The number of aliphatic hydroxyl groups excluding tert-OH is 3. The van der Waals surface area contributed by atoms with Gasteiger partial charge in [-0.15, -0.1) is 0 Å². The Labute approximate surface area is 209 Å². The fraction of sp³-hybridized carbons (Fsp3) is 0.652. The lowest BCUT2D eigenvalue weighted by atomic mass is 10.1. The van der Waals surface area contributed by atoms with Crippen LogP contribution in [-0.4, -0.2) is 132 Å². The maximum Gasteiger partial charge on any atom is 0.321 e. The van der Waals surface area contributed by atoms with E-state index in [1.807, 2.05) is 0 Å². The van der Waals surface area contributed by atoms with Crippen molar-refractivity contribution in [2.75, 3.05) is 46.0 Å². The van der Waals surface area contributed by atoms with Gasteiger partial charge in [0.2, 0.25) is 0 Å². The second-order valence-corrected chi connectivity index (χ2v) is 8.70. The van der Waals surface area contributed by atoms with Crippen molar-refractivity contribution in [2.24, 2.45) is 0 Å². The maximum atomic E-state index is 12.0. The van der Waals surface area contributed by atoms with Gasteiger partial charge in [0.1, 0.15) is 18.1 Å². The molecule has 0 saturated carbocycles. The number of fused-ring (bicyclic) bond motifs is 2. The van der Waals surface area contributed by atoms with Crippen LogP contribution in [0.25, 0.3) is 0 Å². The van der Waals surface area contributed by atoms with E-state index in [4.69, 9.17) is 0 Å². The van der Waals surface area contributed by atoms with Crippen LogP contribution < -0.4 is 0 Å². The fourth-order valence-corrected chi connectivity index (χ4v) is 4.50. The van der Waals surface area contributed by atoms with Gasteiger partial charge in [0.15, 0.2) is 0 Å². The van der Waals surface area contributed by atoms with Crippen molar-refractivity contribution in [3.8, 4) is 0 Å². The van der Waals surface area contributed by atoms with Gasteiger partial charge < -0.3 is 30.6 Å². The monoisotopic (exact) mass is 512 g/mol. The van der Waals surface area contributed by atoms with Crippen molar-refractivity contribution in [3.63, 3.8) is 0 Å². The Balaban J connectivity index is 2.50. The number of carboxylic acids is 3. The number of pyridine rings is 1. The summed E-state index contributed by atoms with van der Waals surface area (Å²) in [7, 11) is 0. The lowest BCUT2D eigenvalue weighted by Gasteiger charge is -2.36. The van der Waals surface area contributed by atoms with Crippen molar-refractivity contribution in [2.45, 2.75) is 50.5 Å². The van der Waals surface area contributed by atoms with Gasteiger partial charge in [0, 0.05) is 59.1 Å². The van der Waals surface area contributed by atoms with Crippen molar-refractivity contribution in [1.29, 1.82) is 0 Å². The molecule has 36 heavy (non-hydrogen) atoms. The Morgan fingerprint density at radius 2 is 1.00 bits per heavy atom. The summed E-state index contributed by atoms with van der Waals surface area (Å²) >= 11 is 0. The molecule has 3 unspecified atom stereocenters. The number of nitrogens with zero attached hydrogens (tertiary/aromatic N) is 4. The topological polar surface area (TPSA) is 195 Å². The van der Waals surface area contributed by atoms with E-state index in [0.29, 0.717) is 11.4 Å². The minimum absolute atomic E-state index is 0.0246. The van der Waals surface area contributed by atoms with Crippen LogP contribution in [0.4, 0.5) is 0 Å². The first kappa shape index (κ1) is 29.5. The average Bonchev–Trinajstić information content (AvgIpc) is 2.82. The molecule has 0 radical (unpaired) electrons. The van der Waals surface area contributed by atoms with Crippen LogP contribution in [-0.2, 0) is 27.5 Å². The summed E-state index contributed by atoms with van der Waals surface area (Å²) in [5, 5.41) is 57.6. The number of aliphatic carboxylic acids is 3. The minimum atomic E-state index is -1.16. The van der Waals surface area contributed by atoms with Gasteiger partial charge in [0.25, 0.3) is 0 Å². The Kier molecular flexibility index (Phi) is 12.1. The number of aromatic nitrogens is 1. The molecule has 0 fully saturated rings. The third kappa shape index (κ3) is 8.47. The van der Waals surface area contributed by atoms with Crippen LogP contribution in [0.15, 0.2) is 18.2 Å². The summed E-state index contributed by atoms with van der Waals surface area (Å²) in [5.74, 6) is -3.40. The van der Waals surface area contributed by atoms with Gasteiger partial charge in [0.05, 0.1) is 11.4 Å². The maximum absolute atomic E-state index is 12.0. The molecule has 1 aliphatic rings. The Hall–Kier alpha value is -2.68. The molecular formula is C23H36N4O9. The highest BCUT2D eigenvalue weighted by molar-refractivity contribution is 5.74. The highest BCUT2D eigenvalue weighted by atomic mass is 16.4. The predicted molar refractivity (Wildman–Crippen MR) is 126 cm³/mol.